The van der Waals surface area contributed by atoms with Crippen LogP contribution in [-0.4, -0.2) is 48.9 Å². The number of hydrogen-bond donors (Lipinski definition) is 1. The van der Waals surface area contributed by atoms with Crippen LogP contribution in [0.3, 0.4) is 0 Å². The normalized spacial score (nSPS) is 16.5. The number of aryl methyl sites for hydroxylation is 3. The number of carbonyl (C=O) groups excluding carboxylic acids is 1. The fourth-order valence-corrected chi connectivity index (χ4v) is 4.27. The molecule has 5 rings (SSSR count). The zero-order valence-electron chi connectivity index (χ0n) is 17.4. The van der Waals surface area contributed by atoms with Crippen LogP contribution in [0.2, 0.25) is 0 Å². The Labute approximate surface area is 174 Å². The third-order valence-electron chi connectivity index (χ3n) is 5.83. The summed E-state index contributed by atoms with van der Waals surface area (Å²) in [5, 5.41) is 12.5. The number of rotatable bonds is 3. The molecule has 7 heteroatoms. The van der Waals surface area contributed by atoms with E-state index in [9.17, 15) is 4.79 Å². The van der Waals surface area contributed by atoms with Crippen LogP contribution in [-0.2, 0) is 7.05 Å². The second-order valence-corrected chi connectivity index (χ2v) is 8.18. The predicted molar refractivity (Wildman–Crippen MR) is 115 cm³/mol. The standard InChI is InChI=1S/C23H24N6O/c1-14-4-5-20-19(8-14)22(27-26-20)23(30)29-7-6-16(13-29)21-10-17(9-15(2)25-21)18-11-24-28(3)12-18/h4-5,8-12,16H,6-7,13H2,1-3H3,(H,26,27)/t16-/m0/s1. The van der Waals surface area contributed by atoms with Gasteiger partial charge in [0.2, 0.25) is 0 Å². The molecular formula is C23H24N6O. The van der Waals surface area contributed by atoms with Crippen molar-refractivity contribution in [2.75, 3.05) is 13.1 Å². The van der Waals surface area contributed by atoms with Crippen molar-refractivity contribution in [3.05, 3.63) is 65.4 Å². The number of pyridine rings is 1. The number of nitrogens with zero attached hydrogens (tertiary/aromatic N) is 5. The third kappa shape index (κ3) is 3.26. The molecule has 0 saturated carbocycles. The molecule has 1 aromatic carbocycles. The average Bonchev–Trinajstić information content (AvgIpc) is 3.46. The van der Waals surface area contributed by atoms with Crippen molar-refractivity contribution in [3.63, 3.8) is 0 Å². The number of benzene rings is 1. The van der Waals surface area contributed by atoms with Gasteiger partial charge in [0.05, 0.1) is 11.7 Å². The molecule has 3 aromatic heterocycles. The van der Waals surface area contributed by atoms with Gasteiger partial charge in [-0.2, -0.15) is 10.2 Å². The molecular weight excluding hydrogens is 376 g/mol. The summed E-state index contributed by atoms with van der Waals surface area (Å²) >= 11 is 0. The van der Waals surface area contributed by atoms with Crippen molar-refractivity contribution in [2.45, 2.75) is 26.2 Å². The molecule has 0 bridgehead atoms. The van der Waals surface area contributed by atoms with Crippen LogP contribution in [0.25, 0.3) is 22.0 Å². The van der Waals surface area contributed by atoms with Crippen LogP contribution in [0, 0.1) is 13.8 Å². The van der Waals surface area contributed by atoms with E-state index in [0.717, 1.165) is 45.4 Å². The Morgan fingerprint density at radius 3 is 2.83 bits per heavy atom. The average molecular weight is 400 g/mol. The van der Waals surface area contributed by atoms with Gasteiger partial charge >= 0.3 is 0 Å². The Morgan fingerprint density at radius 1 is 1.17 bits per heavy atom. The SMILES string of the molecule is Cc1ccc2[nH]nc(C(=O)N3CC[C@H](c4cc(-c5cnn(C)c5)cc(C)n4)C3)c2c1. The van der Waals surface area contributed by atoms with E-state index in [2.05, 4.69) is 27.4 Å². The summed E-state index contributed by atoms with van der Waals surface area (Å²) in [6, 6.07) is 10.2. The maximum Gasteiger partial charge on any atom is 0.275 e. The van der Waals surface area contributed by atoms with Gasteiger partial charge in [-0.15, -0.1) is 0 Å². The number of aromatic amines is 1. The number of aromatic nitrogens is 5. The van der Waals surface area contributed by atoms with Gasteiger partial charge in [-0.25, -0.2) is 0 Å². The van der Waals surface area contributed by atoms with Crippen molar-refractivity contribution in [1.29, 1.82) is 0 Å². The van der Waals surface area contributed by atoms with Crippen molar-refractivity contribution >= 4 is 16.8 Å². The first kappa shape index (κ1) is 18.5. The zero-order chi connectivity index (χ0) is 20.8. The molecule has 1 amide bonds. The number of hydrogen-bond acceptors (Lipinski definition) is 4. The van der Waals surface area contributed by atoms with Gasteiger partial charge in [0.25, 0.3) is 5.91 Å². The largest absolute Gasteiger partial charge is 0.337 e. The zero-order valence-corrected chi connectivity index (χ0v) is 17.4. The molecule has 1 aliphatic rings. The van der Waals surface area contributed by atoms with Crippen LogP contribution in [0.4, 0.5) is 0 Å². The highest BCUT2D eigenvalue weighted by Crippen LogP contribution is 2.31. The van der Waals surface area contributed by atoms with Crippen LogP contribution in [0.1, 0.15) is 39.8 Å². The minimum atomic E-state index is -0.0190. The highest BCUT2D eigenvalue weighted by molar-refractivity contribution is 6.04. The van der Waals surface area contributed by atoms with Gasteiger partial charge in [0.15, 0.2) is 5.69 Å². The van der Waals surface area contributed by atoms with Gasteiger partial charge in [-0.1, -0.05) is 11.6 Å². The Balaban J connectivity index is 1.40. The van der Waals surface area contributed by atoms with Crippen molar-refractivity contribution in [1.82, 2.24) is 29.9 Å². The molecule has 30 heavy (non-hydrogen) atoms. The maximum atomic E-state index is 13.2. The summed E-state index contributed by atoms with van der Waals surface area (Å²) in [4.78, 5) is 19.9. The number of amides is 1. The van der Waals surface area contributed by atoms with Crippen LogP contribution in [0.5, 0.6) is 0 Å². The molecule has 0 unspecified atom stereocenters. The molecule has 0 radical (unpaired) electrons. The number of carbonyl (C=O) groups is 1. The highest BCUT2D eigenvalue weighted by atomic mass is 16.2. The smallest absolute Gasteiger partial charge is 0.275 e. The molecule has 4 aromatic rings. The summed E-state index contributed by atoms with van der Waals surface area (Å²) in [6.45, 7) is 5.40. The Hall–Kier alpha value is -3.48. The highest BCUT2D eigenvalue weighted by Gasteiger charge is 2.31. The molecule has 1 saturated heterocycles. The van der Waals surface area contributed by atoms with E-state index < -0.39 is 0 Å². The minimum Gasteiger partial charge on any atom is -0.337 e. The van der Waals surface area contributed by atoms with Gasteiger partial charge in [0, 0.05) is 54.6 Å². The monoisotopic (exact) mass is 400 g/mol. The molecule has 7 nitrogen and oxygen atoms in total. The lowest BCUT2D eigenvalue weighted by atomic mass is 10.00. The lowest BCUT2D eigenvalue weighted by molar-refractivity contribution is 0.0786. The lowest BCUT2D eigenvalue weighted by Gasteiger charge is -2.16. The van der Waals surface area contributed by atoms with E-state index in [1.54, 1.807) is 4.68 Å². The summed E-state index contributed by atoms with van der Waals surface area (Å²) in [5.41, 5.74) is 6.71. The number of fused-ring (bicyclic) bond motifs is 1. The maximum absolute atomic E-state index is 13.2. The quantitative estimate of drug-likeness (QED) is 0.570. The molecule has 0 spiro atoms. The number of nitrogens with one attached hydrogen (secondary N) is 1. The van der Waals surface area contributed by atoms with E-state index in [4.69, 9.17) is 4.98 Å². The van der Waals surface area contributed by atoms with Gasteiger partial charge < -0.3 is 4.90 Å². The van der Waals surface area contributed by atoms with Crippen LogP contribution >= 0.6 is 0 Å². The van der Waals surface area contributed by atoms with Gasteiger partial charge in [-0.3, -0.25) is 19.6 Å². The first-order chi connectivity index (χ1) is 14.5. The predicted octanol–water partition coefficient (Wildman–Crippen LogP) is 3.60. The number of H-pyrrole nitrogens is 1. The summed E-state index contributed by atoms with van der Waals surface area (Å²) in [6.07, 6.45) is 4.78. The van der Waals surface area contributed by atoms with E-state index >= 15 is 0 Å². The fourth-order valence-electron chi connectivity index (χ4n) is 4.27. The summed E-state index contributed by atoms with van der Waals surface area (Å²) in [5.74, 6) is 0.200. The summed E-state index contributed by atoms with van der Waals surface area (Å²) in [7, 11) is 1.92. The Kier molecular flexibility index (Phi) is 4.38. The van der Waals surface area contributed by atoms with E-state index in [1.165, 1.54) is 0 Å². The van der Waals surface area contributed by atoms with Crippen LogP contribution < -0.4 is 0 Å². The van der Waals surface area contributed by atoms with E-state index in [0.29, 0.717) is 18.8 Å². The van der Waals surface area contributed by atoms with Crippen molar-refractivity contribution < 1.29 is 4.79 Å². The van der Waals surface area contributed by atoms with E-state index in [-0.39, 0.29) is 11.8 Å². The molecule has 1 fully saturated rings. The first-order valence-electron chi connectivity index (χ1n) is 10.2. The fraction of sp³-hybridized carbons (Fsp3) is 0.304. The lowest BCUT2D eigenvalue weighted by Crippen LogP contribution is -2.29. The molecule has 4 heterocycles. The van der Waals surface area contributed by atoms with Crippen LogP contribution in [0.15, 0.2) is 42.7 Å². The molecule has 0 aliphatic carbocycles. The Bertz CT molecular complexity index is 1250. The van der Waals surface area contributed by atoms with Gasteiger partial charge in [-0.05, 0) is 50.1 Å². The molecule has 1 N–H and O–H groups in total. The number of likely N-dealkylation sites (tertiary alicyclic amines) is 1. The van der Waals surface area contributed by atoms with E-state index in [1.807, 2.05) is 56.4 Å². The summed E-state index contributed by atoms with van der Waals surface area (Å²) < 4.78 is 1.80. The Morgan fingerprint density at radius 2 is 2.03 bits per heavy atom. The molecule has 1 aliphatic heterocycles. The molecule has 152 valence electrons. The van der Waals surface area contributed by atoms with Crippen molar-refractivity contribution in [3.8, 4) is 11.1 Å². The second-order valence-electron chi connectivity index (χ2n) is 8.18. The second kappa shape index (κ2) is 7.09. The minimum absolute atomic E-state index is 0.0190. The topological polar surface area (TPSA) is 79.7 Å². The van der Waals surface area contributed by atoms with Crippen molar-refractivity contribution in [2.24, 2.45) is 7.05 Å². The molecule has 1 atom stereocenters. The van der Waals surface area contributed by atoms with Gasteiger partial charge in [0.1, 0.15) is 0 Å². The first-order valence-corrected chi connectivity index (χ1v) is 10.2. The third-order valence-corrected chi connectivity index (χ3v) is 5.83.